The number of likely N-dealkylation sites (N-methyl/N-ethyl adjacent to an activating group) is 1. The van der Waals surface area contributed by atoms with Gasteiger partial charge in [0, 0.05) is 13.1 Å². The Morgan fingerprint density at radius 3 is 2.25 bits per heavy atom. The van der Waals surface area contributed by atoms with E-state index in [4.69, 9.17) is 16.3 Å². The smallest absolute Gasteiger partial charge is 0.264 e. The van der Waals surface area contributed by atoms with Crippen LogP contribution in [0, 0.1) is 13.8 Å². The number of hydrogen-bond acceptors (Lipinski definition) is 5. The molecular formula is C30H36ClN3O5S. The number of anilines is 1. The molecule has 1 atom stereocenters. The first-order valence-electron chi connectivity index (χ1n) is 13.1. The summed E-state index contributed by atoms with van der Waals surface area (Å²) in [5.41, 5.74) is 2.93. The summed E-state index contributed by atoms with van der Waals surface area (Å²) >= 11 is 6.37. The topological polar surface area (TPSA) is 96.0 Å². The molecule has 0 fully saturated rings. The average Bonchev–Trinajstić information content (AvgIpc) is 2.91. The Balaban J connectivity index is 2.10. The van der Waals surface area contributed by atoms with Gasteiger partial charge in [0.1, 0.15) is 18.3 Å². The summed E-state index contributed by atoms with van der Waals surface area (Å²) in [5.74, 6) is -0.457. The Labute approximate surface area is 241 Å². The molecule has 1 N–H and O–H groups in total. The summed E-state index contributed by atoms with van der Waals surface area (Å²) in [6.07, 6.45) is 0.350. The minimum absolute atomic E-state index is 0.0267. The van der Waals surface area contributed by atoms with Crippen LogP contribution >= 0.6 is 11.6 Å². The molecule has 2 amide bonds. The van der Waals surface area contributed by atoms with Gasteiger partial charge in [-0.3, -0.25) is 13.9 Å². The predicted molar refractivity (Wildman–Crippen MR) is 158 cm³/mol. The number of rotatable bonds is 12. The highest BCUT2D eigenvalue weighted by Crippen LogP contribution is 2.32. The second-order valence-corrected chi connectivity index (χ2v) is 11.7. The van der Waals surface area contributed by atoms with Gasteiger partial charge in [-0.15, -0.1) is 0 Å². The van der Waals surface area contributed by atoms with E-state index in [1.54, 1.807) is 25.1 Å². The molecule has 0 aliphatic heterocycles. The maximum Gasteiger partial charge on any atom is 0.264 e. The van der Waals surface area contributed by atoms with Crippen LogP contribution in [-0.2, 0) is 26.2 Å². The van der Waals surface area contributed by atoms with Crippen molar-refractivity contribution in [2.45, 2.75) is 51.6 Å². The van der Waals surface area contributed by atoms with Crippen molar-refractivity contribution in [1.82, 2.24) is 10.2 Å². The second-order valence-electron chi connectivity index (χ2n) is 9.47. The maximum absolute atomic E-state index is 14.0. The summed E-state index contributed by atoms with van der Waals surface area (Å²) < 4.78 is 34.2. The molecule has 10 heteroatoms. The molecule has 8 nitrogen and oxygen atoms in total. The number of benzene rings is 3. The molecule has 214 valence electrons. The molecule has 0 aliphatic rings. The fourth-order valence-electron chi connectivity index (χ4n) is 4.40. The summed E-state index contributed by atoms with van der Waals surface area (Å²) in [4.78, 5) is 28.6. The molecule has 0 saturated heterocycles. The molecule has 0 aromatic heterocycles. The van der Waals surface area contributed by atoms with Gasteiger partial charge in [0.2, 0.25) is 11.8 Å². The maximum atomic E-state index is 14.0. The molecule has 0 spiro atoms. The van der Waals surface area contributed by atoms with Gasteiger partial charge in [0.15, 0.2) is 0 Å². The normalized spacial score (nSPS) is 11.9. The van der Waals surface area contributed by atoms with E-state index in [0.717, 1.165) is 21.0 Å². The fourth-order valence-corrected chi connectivity index (χ4v) is 6.05. The number of methoxy groups -OCH3 is 1. The number of ether oxygens (including phenoxy) is 1. The van der Waals surface area contributed by atoms with Crippen LogP contribution in [0.3, 0.4) is 0 Å². The highest BCUT2D eigenvalue weighted by atomic mass is 35.5. The van der Waals surface area contributed by atoms with Gasteiger partial charge in [0.05, 0.1) is 22.7 Å². The third kappa shape index (κ3) is 7.34. The molecular weight excluding hydrogens is 550 g/mol. The highest BCUT2D eigenvalue weighted by molar-refractivity contribution is 7.92. The molecule has 40 heavy (non-hydrogen) atoms. The molecule has 3 aromatic rings. The molecule has 0 unspecified atom stereocenters. The van der Waals surface area contributed by atoms with Gasteiger partial charge in [-0.05, 0) is 63.1 Å². The van der Waals surface area contributed by atoms with Crippen LogP contribution in [0.4, 0.5) is 5.69 Å². The number of halogens is 1. The Bertz CT molecular complexity index is 1440. The van der Waals surface area contributed by atoms with Gasteiger partial charge in [-0.1, -0.05) is 66.0 Å². The summed E-state index contributed by atoms with van der Waals surface area (Å²) in [7, 11) is -2.73. The molecule has 3 rings (SSSR count). The molecule has 0 radical (unpaired) electrons. The average molecular weight is 586 g/mol. The van der Waals surface area contributed by atoms with Crippen molar-refractivity contribution in [2.75, 3.05) is 24.5 Å². The Morgan fingerprint density at radius 2 is 1.68 bits per heavy atom. The number of amides is 2. The van der Waals surface area contributed by atoms with E-state index in [-0.39, 0.29) is 28.1 Å². The molecule has 0 aliphatic carbocycles. The van der Waals surface area contributed by atoms with Crippen molar-refractivity contribution in [3.8, 4) is 5.75 Å². The van der Waals surface area contributed by atoms with Crippen LogP contribution in [-0.4, -0.2) is 51.4 Å². The lowest BCUT2D eigenvalue weighted by molar-refractivity contribution is -0.140. The first kappa shape index (κ1) is 31.0. The number of hydrogen-bond donors (Lipinski definition) is 1. The molecule has 0 saturated carbocycles. The lowest BCUT2D eigenvalue weighted by atomic mass is 10.1. The van der Waals surface area contributed by atoms with Crippen molar-refractivity contribution >= 4 is 39.1 Å². The zero-order chi connectivity index (χ0) is 29.4. The monoisotopic (exact) mass is 585 g/mol. The zero-order valence-electron chi connectivity index (χ0n) is 23.5. The van der Waals surface area contributed by atoms with Gasteiger partial charge in [-0.2, -0.15) is 0 Å². The number of nitrogens with zero attached hydrogens (tertiary/aromatic N) is 2. The first-order valence-corrected chi connectivity index (χ1v) is 14.9. The summed E-state index contributed by atoms with van der Waals surface area (Å²) in [6.45, 7) is 7.43. The van der Waals surface area contributed by atoms with E-state index in [2.05, 4.69) is 5.32 Å². The van der Waals surface area contributed by atoms with Crippen LogP contribution in [0.15, 0.2) is 71.6 Å². The quantitative estimate of drug-likeness (QED) is 0.319. The van der Waals surface area contributed by atoms with E-state index >= 15 is 0 Å². The fraction of sp³-hybridized carbons (Fsp3) is 0.333. The van der Waals surface area contributed by atoms with Gasteiger partial charge in [-0.25, -0.2) is 8.42 Å². The van der Waals surface area contributed by atoms with Crippen LogP contribution in [0.5, 0.6) is 5.75 Å². The van der Waals surface area contributed by atoms with Crippen LogP contribution in [0.25, 0.3) is 0 Å². The third-order valence-electron chi connectivity index (χ3n) is 6.48. The summed E-state index contributed by atoms with van der Waals surface area (Å²) in [5, 5.41) is 3.00. The van der Waals surface area contributed by atoms with Crippen molar-refractivity contribution in [2.24, 2.45) is 0 Å². The number of carbonyl (C=O) groups is 2. The van der Waals surface area contributed by atoms with E-state index in [9.17, 15) is 18.0 Å². The van der Waals surface area contributed by atoms with E-state index in [1.807, 2.05) is 45.0 Å². The first-order chi connectivity index (χ1) is 19.0. The lowest BCUT2D eigenvalue weighted by Gasteiger charge is -2.33. The second kappa shape index (κ2) is 13.7. The SMILES string of the molecule is CCNC(=O)[C@H](CC)N(Cc1cccc(C)c1)C(=O)CN(c1ccc(OC)c(Cl)c1)S(=O)(=O)c1ccc(C)cc1. The van der Waals surface area contributed by atoms with E-state index in [1.165, 1.54) is 36.3 Å². The largest absolute Gasteiger partial charge is 0.495 e. The van der Waals surface area contributed by atoms with E-state index in [0.29, 0.717) is 18.7 Å². The molecule has 0 bridgehead atoms. The van der Waals surface area contributed by atoms with Gasteiger partial charge in [0.25, 0.3) is 10.0 Å². The zero-order valence-corrected chi connectivity index (χ0v) is 25.1. The van der Waals surface area contributed by atoms with Crippen LogP contribution in [0.1, 0.15) is 37.0 Å². The predicted octanol–water partition coefficient (Wildman–Crippen LogP) is 5.10. The number of carbonyl (C=O) groups excluding carboxylic acids is 2. The van der Waals surface area contributed by atoms with Crippen LogP contribution < -0.4 is 14.4 Å². The molecule has 0 heterocycles. The third-order valence-corrected chi connectivity index (χ3v) is 8.57. The van der Waals surface area contributed by atoms with Crippen molar-refractivity contribution < 1.29 is 22.7 Å². The van der Waals surface area contributed by atoms with Gasteiger partial charge < -0.3 is 15.0 Å². The minimum Gasteiger partial charge on any atom is -0.495 e. The Hall–Kier alpha value is -3.56. The number of aryl methyl sites for hydroxylation is 2. The summed E-state index contributed by atoms with van der Waals surface area (Å²) in [6, 6.07) is 17.8. The van der Waals surface area contributed by atoms with Gasteiger partial charge >= 0.3 is 0 Å². The lowest BCUT2D eigenvalue weighted by Crippen LogP contribution is -2.52. The Kier molecular flexibility index (Phi) is 10.6. The number of sulfonamides is 1. The standard InChI is InChI=1S/C30H36ClN3O5S/c1-6-27(30(36)32-7-2)33(19-23-10-8-9-22(4)17-23)29(35)20-34(24-13-16-28(39-5)26(31)18-24)40(37,38)25-14-11-21(3)12-15-25/h8-18,27H,6-7,19-20H2,1-5H3,(H,32,36)/t27-/m0/s1. The molecule has 3 aromatic carbocycles. The van der Waals surface area contributed by atoms with Crippen molar-refractivity contribution in [1.29, 1.82) is 0 Å². The van der Waals surface area contributed by atoms with Crippen molar-refractivity contribution in [3.05, 3.63) is 88.4 Å². The highest BCUT2D eigenvalue weighted by Gasteiger charge is 2.33. The van der Waals surface area contributed by atoms with Crippen LogP contribution in [0.2, 0.25) is 5.02 Å². The Morgan fingerprint density at radius 1 is 0.975 bits per heavy atom. The van der Waals surface area contributed by atoms with Crippen molar-refractivity contribution in [3.63, 3.8) is 0 Å². The van der Waals surface area contributed by atoms with E-state index < -0.39 is 28.5 Å². The number of nitrogens with one attached hydrogen (secondary N) is 1. The minimum atomic E-state index is -4.19.